The van der Waals surface area contributed by atoms with Crippen LogP contribution < -0.4 is 10.2 Å². The van der Waals surface area contributed by atoms with Crippen LogP contribution in [0.5, 0.6) is 0 Å². The summed E-state index contributed by atoms with van der Waals surface area (Å²) in [6.07, 6.45) is 3.25. The lowest BCUT2D eigenvalue weighted by molar-refractivity contribution is 0.597. The minimum absolute atomic E-state index is 0.234. The summed E-state index contributed by atoms with van der Waals surface area (Å²) in [6.45, 7) is 4.19. The van der Waals surface area contributed by atoms with Gasteiger partial charge in [-0.05, 0) is 43.9 Å². The molecule has 2 fully saturated rings. The maximum atomic E-state index is 11.7. The molecule has 0 atom stereocenters. The van der Waals surface area contributed by atoms with E-state index in [0.717, 1.165) is 24.6 Å². The van der Waals surface area contributed by atoms with Crippen LogP contribution in [0.4, 0.5) is 5.82 Å². The first kappa shape index (κ1) is 14.8. The summed E-state index contributed by atoms with van der Waals surface area (Å²) in [7, 11) is -2.88. The Labute approximate surface area is 126 Å². The summed E-state index contributed by atoms with van der Waals surface area (Å²) in [5.41, 5.74) is 2.23. The predicted octanol–water partition coefficient (Wildman–Crippen LogP) is 1.27. The molecule has 21 heavy (non-hydrogen) atoms. The first-order valence-corrected chi connectivity index (χ1v) is 9.50. The minimum Gasteiger partial charge on any atom is -0.356 e. The van der Waals surface area contributed by atoms with Crippen molar-refractivity contribution in [1.82, 2.24) is 10.3 Å². The van der Waals surface area contributed by atoms with Gasteiger partial charge in [-0.3, -0.25) is 0 Å². The average molecular weight is 309 g/mol. The molecule has 0 bridgehead atoms. The second kappa shape index (κ2) is 5.93. The van der Waals surface area contributed by atoms with E-state index in [0.29, 0.717) is 24.8 Å². The Kier molecular flexibility index (Phi) is 4.17. The normalized spacial score (nSPS) is 22.0. The molecule has 6 heteroatoms. The van der Waals surface area contributed by atoms with Crippen LogP contribution in [0.15, 0.2) is 12.1 Å². The van der Waals surface area contributed by atoms with Crippen molar-refractivity contribution in [2.24, 2.45) is 0 Å². The van der Waals surface area contributed by atoms with Gasteiger partial charge in [0.15, 0.2) is 9.84 Å². The third-order valence-corrected chi connectivity index (χ3v) is 5.77. The zero-order chi connectivity index (χ0) is 14.9. The fraction of sp³-hybridized carbons (Fsp3) is 0.667. The topological polar surface area (TPSA) is 62.3 Å². The lowest BCUT2D eigenvalue weighted by atomic mass is 10.2. The number of aromatic nitrogens is 1. The third kappa shape index (κ3) is 4.17. The van der Waals surface area contributed by atoms with E-state index in [-0.39, 0.29) is 5.75 Å². The van der Waals surface area contributed by atoms with Crippen LogP contribution in [0.25, 0.3) is 0 Å². The monoisotopic (exact) mass is 309 g/mol. The number of hydrogen-bond acceptors (Lipinski definition) is 5. The molecular formula is C15H23N3O2S. The zero-order valence-corrected chi connectivity index (χ0v) is 13.3. The highest BCUT2D eigenvalue weighted by atomic mass is 32.2. The minimum atomic E-state index is -2.88. The van der Waals surface area contributed by atoms with E-state index in [2.05, 4.69) is 27.3 Å². The van der Waals surface area contributed by atoms with Crippen LogP contribution in [-0.4, -0.2) is 44.0 Å². The number of nitrogens with zero attached hydrogens (tertiary/aromatic N) is 2. The standard InChI is InChI=1S/C15H23N3O2S/c1-12-9-13(11-16-14-3-4-14)10-15(17-12)18-5-2-7-21(19,20)8-6-18/h9-10,14,16H,2-8,11H2,1H3. The van der Waals surface area contributed by atoms with Crippen molar-refractivity contribution >= 4 is 15.7 Å². The van der Waals surface area contributed by atoms with Gasteiger partial charge in [0.2, 0.25) is 0 Å². The van der Waals surface area contributed by atoms with Crippen molar-refractivity contribution in [1.29, 1.82) is 0 Å². The molecule has 0 unspecified atom stereocenters. The molecule has 1 aliphatic heterocycles. The molecule has 0 radical (unpaired) electrons. The van der Waals surface area contributed by atoms with Crippen molar-refractivity contribution in [3.63, 3.8) is 0 Å². The number of aryl methyl sites for hydroxylation is 1. The predicted molar refractivity (Wildman–Crippen MR) is 84.3 cm³/mol. The SMILES string of the molecule is Cc1cc(CNC2CC2)cc(N2CCCS(=O)(=O)CC2)n1. The van der Waals surface area contributed by atoms with Crippen LogP contribution in [0, 0.1) is 6.92 Å². The second-order valence-corrected chi connectivity index (χ2v) is 8.43. The van der Waals surface area contributed by atoms with Gasteiger partial charge in [0.05, 0.1) is 11.5 Å². The van der Waals surface area contributed by atoms with Gasteiger partial charge in [-0.2, -0.15) is 0 Å². The Morgan fingerprint density at radius 2 is 2.10 bits per heavy atom. The number of hydrogen-bond donors (Lipinski definition) is 1. The molecule has 2 aliphatic rings. The number of nitrogens with one attached hydrogen (secondary N) is 1. The molecule has 0 amide bonds. The van der Waals surface area contributed by atoms with E-state index < -0.39 is 9.84 Å². The fourth-order valence-electron chi connectivity index (χ4n) is 2.70. The number of anilines is 1. The number of sulfone groups is 1. The maximum absolute atomic E-state index is 11.7. The van der Waals surface area contributed by atoms with Crippen LogP contribution in [0.2, 0.25) is 0 Å². The summed E-state index contributed by atoms with van der Waals surface area (Å²) < 4.78 is 23.4. The molecule has 1 aromatic rings. The Bertz CT molecular complexity index is 611. The molecule has 3 rings (SSSR count). The van der Waals surface area contributed by atoms with E-state index >= 15 is 0 Å². The highest BCUT2D eigenvalue weighted by Crippen LogP contribution is 2.21. The van der Waals surface area contributed by atoms with E-state index in [4.69, 9.17) is 0 Å². The van der Waals surface area contributed by atoms with Gasteiger partial charge in [-0.1, -0.05) is 0 Å². The first-order valence-electron chi connectivity index (χ1n) is 7.68. The van der Waals surface area contributed by atoms with E-state index in [1.54, 1.807) is 0 Å². The maximum Gasteiger partial charge on any atom is 0.152 e. The Morgan fingerprint density at radius 3 is 2.86 bits per heavy atom. The van der Waals surface area contributed by atoms with Gasteiger partial charge in [-0.25, -0.2) is 13.4 Å². The van der Waals surface area contributed by atoms with E-state index in [9.17, 15) is 8.42 Å². The molecule has 1 saturated heterocycles. The molecule has 2 heterocycles. The highest BCUT2D eigenvalue weighted by molar-refractivity contribution is 7.91. The molecule has 1 saturated carbocycles. The van der Waals surface area contributed by atoms with Crippen LogP contribution >= 0.6 is 0 Å². The van der Waals surface area contributed by atoms with Crippen molar-refractivity contribution < 1.29 is 8.42 Å². The number of pyridine rings is 1. The van der Waals surface area contributed by atoms with E-state index in [1.807, 2.05) is 6.92 Å². The lowest BCUT2D eigenvalue weighted by Gasteiger charge is -2.22. The van der Waals surface area contributed by atoms with Crippen LogP contribution in [0.3, 0.4) is 0 Å². The van der Waals surface area contributed by atoms with E-state index in [1.165, 1.54) is 18.4 Å². The average Bonchev–Trinajstić information content (AvgIpc) is 3.23. The number of rotatable bonds is 4. The summed E-state index contributed by atoms with van der Waals surface area (Å²) in [6, 6.07) is 4.89. The molecule has 1 N–H and O–H groups in total. The molecule has 0 aromatic carbocycles. The van der Waals surface area contributed by atoms with Crippen molar-refractivity contribution in [3.8, 4) is 0 Å². The second-order valence-electron chi connectivity index (χ2n) is 6.12. The zero-order valence-electron chi connectivity index (χ0n) is 12.5. The summed E-state index contributed by atoms with van der Waals surface area (Å²) in [5, 5.41) is 3.51. The Morgan fingerprint density at radius 1 is 1.29 bits per heavy atom. The molecular weight excluding hydrogens is 286 g/mol. The van der Waals surface area contributed by atoms with Gasteiger partial charge in [0.1, 0.15) is 5.82 Å². The van der Waals surface area contributed by atoms with Gasteiger partial charge in [-0.15, -0.1) is 0 Å². The van der Waals surface area contributed by atoms with Gasteiger partial charge >= 0.3 is 0 Å². The smallest absolute Gasteiger partial charge is 0.152 e. The third-order valence-electron chi connectivity index (χ3n) is 4.05. The van der Waals surface area contributed by atoms with Gasteiger partial charge in [0.25, 0.3) is 0 Å². The van der Waals surface area contributed by atoms with Crippen LogP contribution in [-0.2, 0) is 16.4 Å². The summed E-state index contributed by atoms with van der Waals surface area (Å²) >= 11 is 0. The van der Waals surface area contributed by atoms with Gasteiger partial charge < -0.3 is 10.2 Å². The summed E-state index contributed by atoms with van der Waals surface area (Å²) in [5.74, 6) is 1.45. The Hall–Kier alpha value is -1.14. The quantitative estimate of drug-likeness (QED) is 0.907. The van der Waals surface area contributed by atoms with Crippen molar-refractivity contribution in [2.45, 2.75) is 38.8 Å². The van der Waals surface area contributed by atoms with Gasteiger partial charge in [0, 0.05) is 31.4 Å². The van der Waals surface area contributed by atoms with Crippen molar-refractivity contribution in [2.75, 3.05) is 29.5 Å². The molecule has 1 aliphatic carbocycles. The molecule has 0 spiro atoms. The van der Waals surface area contributed by atoms with Crippen LogP contribution in [0.1, 0.15) is 30.5 Å². The molecule has 5 nitrogen and oxygen atoms in total. The first-order chi connectivity index (χ1) is 10.0. The fourth-order valence-corrected chi connectivity index (χ4v) is 3.97. The molecule has 116 valence electrons. The van der Waals surface area contributed by atoms with Crippen molar-refractivity contribution in [3.05, 3.63) is 23.4 Å². The highest BCUT2D eigenvalue weighted by Gasteiger charge is 2.22. The molecule has 1 aromatic heterocycles. The Balaban J connectivity index is 1.73. The summed E-state index contributed by atoms with van der Waals surface area (Å²) in [4.78, 5) is 6.70. The largest absolute Gasteiger partial charge is 0.356 e. The lowest BCUT2D eigenvalue weighted by Crippen LogP contribution is -2.28.